The van der Waals surface area contributed by atoms with E-state index in [0.717, 1.165) is 5.92 Å². The normalized spacial score (nSPS) is 13.4. The first-order chi connectivity index (χ1) is 8.35. The lowest BCUT2D eigenvalue weighted by atomic mass is 9.98. The number of hydrogen-bond donors (Lipinski definition) is 0. The summed E-state index contributed by atoms with van der Waals surface area (Å²) in [7, 11) is 0. The molecule has 0 nitrogen and oxygen atoms in total. The van der Waals surface area contributed by atoms with Crippen molar-refractivity contribution in [3.63, 3.8) is 0 Å². The first-order valence-corrected chi connectivity index (χ1v) is 8.01. The standard InChI is InChI=1S/C17H34/c1-4-7-9-10-11-12-13-14-16-17(6-3)15-8-5-2/h14,16-17H,4-13,15H2,1-3H3. The number of allylic oxidation sites excluding steroid dienone is 2. The van der Waals surface area contributed by atoms with Gasteiger partial charge >= 0.3 is 0 Å². The highest BCUT2D eigenvalue weighted by atomic mass is 14.1. The zero-order valence-corrected chi connectivity index (χ0v) is 12.5. The lowest BCUT2D eigenvalue weighted by Crippen LogP contribution is -1.93. The number of hydrogen-bond acceptors (Lipinski definition) is 0. The molecule has 102 valence electrons. The van der Waals surface area contributed by atoms with Crippen LogP contribution in [0.3, 0.4) is 0 Å². The summed E-state index contributed by atoms with van der Waals surface area (Å²) in [6.07, 6.45) is 20.1. The van der Waals surface area contributed by atoms with Gasteiger partial charge in [-0.15, -0.1) is 0 Å². The lowest BCUT2D eigenvalue weighted by molar-refractivity contribution is 0.538. The maximum atomic E-state index is 2.47. The highest BCUT2D eigenvalue weighted by Gasteiger charge is 1.99. The molecular formula is C17H34. The van der Waals surface area contributed by atoms with Crippen LogP contribution in [0.15, 0.2) is 12.2 Å². The molecular weight excluding hydrogens is 204 g/mol. The third-order valence-electron chi connectivity index (χ3n) is 3.59. The van der Waals surface area contributed by atoms with Crippen molar-refractivity contribution in [2.75, 3.05) is 0 Å². The zero-order chi connectivity index (χ0) is 12.8. The van der Waals surface area contributed by atoms with Crippen LogP contribution in [0.4, 0.5) is 0 Å². The summed E-state index contributed by atoms with van der Waals surface area (Å²) in [4.78, 5) is 0. The maximum Gasteiger partial charge on any atom is -0.0236 e. The molecule has 0 aliphatic heterocycles. The Morgan fingerprint density at radius 2 is 1.41 bits per heavy atom. The van der Waals surface area contributed by atoms with Gasteiger partial charge in [0.15, 0.2) is 0 Å². The molecule has 0 saturated carbocycles. The van der Waals surface area contributed by atoms with Gasteiger partial charge in [0.05, 0.1) is 0 Å². The molecule has 0 spiro atoms. The Morgan fingerprint density at radius 1 is 0.765 bits per heavy atom. The maximum absolute atomic E-state index is 2.47. The summed E-state index contributed by atoms with van der Waals surface area (Å²) in [6, 6.07) is 0. The molecule has 0 fully saturated rings. The Hall–Kier alpha value is -0.260. The SMILES string of the molecule is CCCCCCCCC=CC(CC)CCCC. The summed E-state index contributed by atoms with van der Waals surface area (Å²) in [5, 5.41) is 0. The quantitative estimate of drug-likeness (QED) is 0.268. The largest absolute Gasteiger partial charge is 0.0883 e. The van der Waals surface area contributed by atoms with Gasteiger partial charge in [-0.05, 0) is 31.6 Å². The van der Waals surface area contributed by atoms with Gasteiger partial charge in [0, 0.05) is 0 Å². The Kier molecular flexibility index (Phi) is 13.6. The van der Waals surface area contributed by atoms with E-state index >= 15 is 0 Å². The molecule has 17 heavy (non-hydrogen) atoms. The first kappa shape index (κ1) is 16.7. The van der Waals surface area contributed by atoms with Gasteiger partial charge in [0.25, 0.3) is 0 Å². The monoisotopic (exact) mass is 238 g/mol. The molecule has 0 heterocycles. The molecule has 0 bridgehead atoms. The van der Waals surface area contributed by atoms with E-state index in [-0.39, 0.29) is 0 Å². The van der Waals surface area contributed by atoms with Crippen molar-refractivity contribution >= 4 is 0 Å². The molecule has 0 amide bonds. The zero-order valence-electron chi connectivity index (χ0n) is 12.5. The summed E-state index contributed by atoms with van der Waals surface area (Å²) in [6.45, 7) is 6.88. The molecule has 0 N–H and O–H groups in total. The summed E-state index contributed by atoms with van der Waals surface area (Å²) in [5.41, 5.74) is 0. The highest BCUT2D eigenvalue weighted by Crippen LogP contribution is 2.15. The van der Waals surface area contributed by atoms with Gasteiger partial charge in [-0.25, -0.2) is 0 Å². The van der Waals surface area contributed by atoms with Crippen molar-refractivity contribution in [2.45, 2.75) is 91.4 Å². The minimum absolute atomic E-state index is 0.843. The molecule has 0 saturated heterocycles. The van der Waals surface area contributed by atoms with Crippen LogP contribution >= 0.6 is 0 Å². The molecule has 1 unspecified atom stereocenters. The van der Waals surface area contributed by atoms with Crippen molar-refractivity contribution in [1.82, 2.24) is 0 Å². The fraction of sp³-hybridized carbons (Fsp3) is 0.882. The molecule has 0 aliphatic carbocycles. The minimum Gasteiger partial charge on any atom is -0.0883 e. The minimum atomic E-state index is 0.843. The van der Waals surface area contributed by atoms with Crippen LogP contribution in [0.5, 0.6) is 0 Å². The second-order valence-corrected chi connectivity index (χ2v) is 5.30. The van der Waals surface area contributed by atoms with Crippen LogP contribution < -0.4 is 0 Å². The number of unbranched alkanes of at least 4 members (excludes halogenated alkanes) is 7. The molecule has 0 rings (SSSR count). The molecule has 1 atom stereocenters. The topological polar surface area (TPSA) is 0 Å². The van der Waals surface area contributed by atoms with Crippen molar-refractivity contribution in [3.05, 3.63) is 12.2 Å². The van der Waals surface area contributed by atoms with Crippen LogP contribution in [0.1, 0.15) is 91.4 Å². The third kappa shape index (κ3) is 12.0. The van der Waals surface area contributed by atoms with Crippen LogP contribution in [0, 0.1) is 5.92 Å². The fourth-order valence-corrected chi connectivity index (χ4v) is 2.23. The van der Waals surface area contributed by atoms with E-state index in [0.29, 0.717) is 0 Å². The van der Waals surface area contributed by atoms with Crippen LogP contribution in [-0.2, 0) is 0 Å². The van der Waals surface area contributed by atoms with Gasteiger partial charge in [-0.1, -0.05) is 77.9 Å². The molecule has 0 aromatic rings. The third-order valence-corrected chi connectivity index (χ3v) is 3.59. The van der Waals surface area contributed by atoms with Crippen molar-refractivity contribution in [3.8, 4) is 0 Å². The molecule has 0 heteroatoms. The molecule has 0 aromatic carbocycles. The second-order valence-electron chi connectivity index (χ2n) is 5.30. The van der Waals surface area contributed by atoms with E-state index < -0.39 is 0 Å². The van der Waals surface area contributed by atoms with E-state index in [9.17, 15) is 0 Å². The smallest absolute Gasteiger partial charge is 0.0236 e. The van der Waals surface area contributed by atoms with Gasteiger partial charge < -0.3 is 0 Å². The van der Waals surface area contributed by atoms with Crippen molar-refractivity contribution < 1.29 is 0 Å². The molecule has 0 aliphatic rings. The predicted octanol–water partition coefficient (Wildman–Crippen LogP) is 6.51. The fourth-order valence-electron chi connectivity index (χ4n) is 2.23. The van der Waals surface area contributed by atoms with E-state index in [1.807, 2.05) is 0 Å². The molecule has 0 aromatic heterocycles. The van der Waals surface area contributed by atoms with Gasteiger partial charge in [0.2, 0.25) is 0 Å². The summed E-state index contributed by atoms with van der Waals surface area (Å²) < 4.78 is 0. The Bertz CT molecular complexity index is 157. The molecule has 0 radical (unpaired) electrons. The van der Waals surface area contributed by atoms with Crippen LogP contribution in [-0.4, -0.2) is 0 Å². The summed E-state index contributed by atoms with van der Waals surface area (Å²) in [5.74, 6) is 0.843. The van der Waals surface area contributed by atoms with E-state index in [2.05, 4.69) is 32.9 Å². The van der Waals surface area contributed by atoms with Crippen LogP contribution in [0.2, 0.25) is 0 Å². The Labute approximate surface area is 110 Å². The van der Waals surface area contributed by atoms with Gasteiger partial charge in [-0.2, -0.15) is 0 Å². The predicted molar refractivity (Wildman–Crippen MR) is 80.4 cm³/mol. The van der Waals surface area contributed by atoms with Crippen molar-refractivity contribution in [1.29, 1.82) is 0 Å². The van der Waals surface area contributed by atoms with Crippen molar-refractivity contribution in [2.24, 2.45) is 5.92 Å². The average Bonchev–Trinajstić information content (AvgIpc) is 2.36. The summed E-state index contributed by atoms with van der Waals surface area (Å²) >= 11 is 0. The number of rotatable bonds is 12. The Morgan fingerprint density at radius 3 is 2.06 bits per heavy atom. The average molecular weight is 238 g/mol. The highest BCUT2D eigenvalue weighted by molar-refractivity contribution is 4.87. The first-order valence-electron chi connectivity index (χ1n) is 8.01. The lowest BCUT2D eigenvalue weighted by Gasteiger charge is -2.08. The van der Waals surface area contributed by atoms with Gasteiger partial charge in [0.1, 0.15) is 0 Å². The Balaban J connectivity index is 3.37. The van der Waals surface area contributed by atoms with Crippen LogP contribution in [0.25, 0.3) is 0 Å². The van der Waals surface area contributed by atoms with E-state index in [4.69, 9.17) is 0 Å². The van der Waals surface area contributed by atoms with E-state index in [1.165, 1.54) is 70.6 Å². The second kappa shape index (κ2) is 13.8. The van der Waals surface area contributed by atoms with E-state index in [1.54, 1.807) is 0 Å². The van der Waals surface area contributed by atoms with Gasteiger partial charge in [-0.3, -0.25) is 0 Å².